The molecule has 1 aliphatic carbocycles. The molecule has 1 aromatic heterocycles. The van der Waals surface area contributed by atoms with E-state index in [1.54, 1.807) is 29.1 Å². The zero-order valence-corrected chi connectivity index (χ0v) is 16.0. The summed E-state index contributed by atoms with van der Waals surface area (Å²) in [5.74, 6) is 0.308. The van der Waals surface area contributed by atoms with Gasteiger partial charge in [-0.25, -0.2) is 13.9 Å². The fourth-order valence-corrected chi connectivity index (χ4v) is 3.34. The first-order valence-electron chi connectivity index (χ1n) is 8.66. The highest BCUT2D eigenvalue weighted by molar-refractivity contribution is 9.10. The van der Waals surface area contributed by atoms with Gasteiger partial charge in [-0.05, 0) is 48.2 Å². The number of hydrogen-bond donors (Lipinski definition) is 2. The second-order valence-corrected chi connectivity index (χ2v) is 7.58. The first-order valence-corrected chi connectivity index (χ1v) is 9.45. The summed E-state index contributed by atoms with van der Waals surface area (Å²) in [6, 6.07) is 15.7. The summed E-state index contributed by atoms with van der Waals surface area (Å²) in [6.07, 6.45) is 3.45. The molecular formula is C20H18BrFN4O. The van der Waals surface area contributed by atoms with Crippen LogP contribution in [0, 0.1) is 5.82 Å². The van der Waals surface area contributed by atoms with Gasteiger partial charge in [0.2, 0.25) is 0 Å². The fourth-order valence-electron chi connectivity index (χ4n) is 3.07. The Hall–Kier alpha value is -2.67. The number of carbonyl (C=O) groups is 1. The van der Waals surface area contributed by atoms with Crippen molar-refractivity contribution in [2.45, 2.75) is 24.9 Å². The van der Waals surface area contributed by atoms with Crippen LogP contribution in [0.25, 0.3) is 0 Å². The van der Waals surface area contributed by atoms with Crippen molar-refractivity contribution in [1.82, 2.24) is 15.1 Å². The van der Waals surface area contributed by atoms with Gasteiger partial charge in [0.05, 0.1) is 18.3 Å². The molecule has 7 heteroatoms. The maximum absolute atomic E-state index is 13.1. The van der Waals surface area contributed by atoms with Crippen molar-refractivity contribution in [3.05, 3.63) is 82.2 Å². The summed E-state index contributed by atoms with van der Waals surface area (Å²) in [6.45, 7) is 0.445. The molecule has 2 amide bonds. The Kier molecular flexibility index (Phi) is 4.70. The Labute approximate surface area is 164 Å². The maximum Gasteiger partial charge on any atom is 0.321 e. The number of hydrogen-bond acceptors (Lipinski definition) is 2. The third-order valence-corrected chi connectivity index (χ3v) is 5.23. The molecule has 138 valence electrons. The Morgan fingerprint density at radius 1 is 1.11 bits per heavy atom. The first-order chi connectivity index (χ1) is 13.0. The van der Waals surface area contributed by atoms with Gasteiger partial charge in [-0.1, -0.05) is 40.2 Å². The van der Waals surface area contributed by atoms with Crippen LogP contribution >= 0.6 is 15.9 Å². The van der Waals surface area contributed by atoms with Crippen molar-refractivity contribution >= 4 is 27.8 Å². The Bertz CT molecular complexity index is 949. The molecule has 1 saturated carbocycles. The van der Waals surface area contributed by atoms with Crippen LogP contribution < -0.4 is 10.6 Å². The lowest BCUT2D eigenvalue weighted by Gasteiger charge is -2.19. The van der Waals surface area contributed by atoms with Gasteiger partial charge in [-0.15, -0.1) is 0 Å². The first kappa shape index (κ1) is 17.7. The molecule has 0 saturated heterocycles. The van der Waals surface area contributed by atoms with Crippen molar-refractivity contribution in [3.8, 4) is 0 Å². The van der Waals surface area contributed by atoms with E-state index in [1.165, 1.54) is 12.1 Å². The van der Waals surface area contributed by atoms with E-state index >= 15 is 0 Å². The van der Waals surface area contributed by atoms with Gasteiger partial charge in [-0.2, -0.15) is 5.10 Å². The predicted molar refractivity (Wildman–Crippen MR) is 105 cm³/mol. The quantitative estimate of drug-likeness (QED) is 0.621. The summed E-state index contributed by atoms with van der Waals surface area (Å²) < 4.78 is 15.7. The van der Waals surface area contributed by atoms with E-state index in [2.05, 4.69) is 31.7 Å². The average Bonchev–Trinajstić information content (AvgIpc) is 3.30. The van der Waals surface area contributed by atoms with Gasteiger partial charge < -0.3 is 5.32 Å². The topological polar surface area (TPSA) is 59.0 Å². The number of carbonyl (C=O) groups excluding carboxylic acids is 1. The highest BCUT2D eigenvalue weighted by Crippen LogP contribution is 2.45. The fraction of sp³-hybridized carbons (Fsp3) is 0.200. The third kappa shape index (κ3) is 4.03. The van der Waals surface area contributed by atoms with Gasteiger partial charge in [0, 0.05) is 10.5 Å². The zero-order valence-electron chi connectivity index (χ0n) is 14.5. The maximum atomic E-state index is 13.1. The van der Waals surface area contributed by atoms with E-state index in [-0.39, 0.29) is 17.4 Å². The number of anilines is 1. The predicted octanol–water partition coefficient (Wildman–Crippen LogP) is 4.64. The minimum absolute atomic E-state index is 0.267. The lowest BCUT2D eigenvalue weighted by Crippen LogP contribution is -2.38. The Morgan fingerprint density at radius 2 is 1.81 bits per heavy atom. The minimum atomic E-state index is -0.299. The smallest absolute Gasteiger partial charge is 0.321 e. The Morgan fingerprint density at radius 3 is 2.48 bits per heavy atom. The number of nitrogens with one attached hydrogen (secondary N) is 2. The van der Waals surface area contributed by atoms with Crippen molar-refractivity contribution < 1.29 is 9.18 Å². The summed E-state index contributed by atoms with van der Waals surface area (Å²) in [5, 5.41) is 10.2. The van der Waals surface area contributed by atoms with Crippen LogP contribution in [0.1, 0.15) is 24.0 Å². The number of urea groups is 1. The SMILES string of the molecule is O=C(Nc1ccnn1Cc1ccc(F)cc1)NC1(c2ccc(Br)cc2)CC1. The van der Waals surface area contributed by atoms with Gasteiger partial charge in [0.25, 0.3) is 0 Å². The highest BCUT2D eigenvalue weighted by atomic mass is 79.9. The van der Waals surface area contributed by atoms with Gasteiger partial charge in [0.15, 0.2) is 0 Å². The van der Waals surface area contributed by atoms with Crippen molar-refractivity contribution in [3.63, 3.8) is 0 Å². The number of halogens is 2. The van der Waals surface area contributed by atoms with Crippen LogP contribution in [-0.2, 0) is 12.1 Å². The van der Waals surface area contributed by atoms with Crippen LogP contribution in [0.5, 0.6) is 0 Å². The van der Waals surface area contributed by atoms with Crippen LogP contribution in [0.3, 0.4) is 0 Å². The van der Waals surface area contributed by atoms with Gasteiger partial charge in [-0.3, -0.25) is 5.32 Å². The summed E-state index contributed by atoms with van der Waals surface area (Å²) in [7, 11) is 0. The molecule has 2 aromatic carbocycles. The molecule has 0 unspecified atom stereocenters. The molecule has 1 fully saturated rings. The summed E-state index contributed by atoms with van der Waals surface area (Å²) in [5.41, 5.74) is 1.70. The number of rotatable bonds is 5. The molecule has 5 nitrogen and oxygen atoms in total. The second-order valence-electron chi connectivity index (χ2n) is 6.67. The molecule has 4 rings (SSSR count). The average molecular weight is 429 g/mol. The van der Waals surface area contributed by atoms with E-state index in [0.717, 1.165) is 28.4 Å². The molecule has 0 aliphatic heterocycles. The molecule has 1 aliphatic rings. The molecule has 0 atom stereocenters. The lowest BCUT2D eigenvalue weighted by atomic mass is 10.1. The van der Waals surface area contributed by atoms with Crippen LogP contribution in [0.2, 0.25) is 0 Å². The van der Waals surface area contributed by atoms with Crippen LogP contribution in [0.15, 0.2) is 65.3 Å². The van der Waals surface area contributed by atoms with Crippen molar-refractivity contribution in [2.24, 2.45) is 0 Å². The number of amides is 2. The van der Waals surface area contributed by atoms with Gasteiger partial charge in [0.1, 0.15) is 11.6 Å². The Balaban J connectivity index is 1.42. The van der Waals surface area contributed by atoms with Crippen molar-refractivity contribution in [2.75, 3.05) is 5.32 Å². The zero-order chi connectivity index (χ0) is 18.9. The third-order valence-electron chi connectivity index (χ3n) is 4.70. The molecule has 3 aromatic rings. The van der Waals surface area contributed by atoms with E-state index < -0.39 is 0 Å². The molecule has 2 N–H and O–H groups in total. The summed E-state index contributed by atoms with van der Waals surface area (Å²) in [4.78, 5) is 12.5. The monoisotopic (exact) mass is 428 g/mol. The van der Waals surface area contributed by atoms with Crippen molar-refractivity contribution in [1.29, 1.82) is 0 Å². The second kappa shape index (κ2) is 7.15. The van der Waals surface area contributed by atoms with Gasteiger partial charge >= 0.3 is 6.03 Å². The highest BCUT2D eigenvalue weighted by Gasteiger charge is 2.45. The molecule has 27 heavy (non-hydrogen) atoms. The largest absolute Gasteiger partial charge is 0.328 e. The van der Waals surface area contributed by atoms with E-state index in [0.29, 0.717) is 12.4 Å². The van der Waals surface area contributed by atoms with Crippen LogP contribution in [0.4, 0.5) is 15.0 Å². The molecule has 0 radical (unpaired) electrons. The molecular weight excluding hydrogens is 411 g/mol. The van der Waals surface area contributed by atoms with E-state index in [9.17, 15) is 9.18 Å². The number of benzene rings is 2. The lowest BCUT2D eigenvalue weighted by molar-refractivity contribution is 0.247. The minimum Gasteiger partial charge on any atom is -0.328 e. The van der Waals surface area contributed by atoms with E-state index in [1.807, 2.05) is 24.3 Å². The summed E-state index contributed by atoms with van der Waals surface area (Å²) >= 11 is 3.43. The number of nitrogens with zero attached hydrogens (tertiary/aromatic N) is 2. The molecule has 0 spiro atoms. The number of aromatic nitrogens is 2. The van der Waals surface area contributed by atoms with E-state index in [4.69, 9.17) is 0 Å². The molecule has 0 bridgehead atoms. The van der Waals surface area contributed by atoms with Crippen LogP contribution in [-0.4, -0.2) is 15.8 Å². The standard InChI is InChI=1S/C20H18BrFN4O/c21-16-5-3-15(4-6-16)20(10-11-20)25-19(27)24-18-9-12-23-26(18)13-14-1-7-17(22)8-2-14/h1-9,12H,10-11,13H2,(H2,24,25,27). The molecule has 1 heterocycles. The normalized spacial score (nSPS) is 14.6.